The minimum absolute atomic E-state index is 0. The fraction of sp³-hybridized carbons (Fsp3) is 0.353. The maximum atomic E-state index is 5.79. The Balaban J connectivity index is 0.00000242. The molecule has 0 fully saturated rings. The van der Waals surface area contributed by atoms with Gasteiger partial charge in [-0.15, -0.1) is 0 Å². The van der Waals surface area contributed by atoms with Crippen LogP contribution in [0.4, 0.5) is 0 Å². The van der Waals surface area contributed by atoms with Gasteiger partial charge in [-0.3, -0.25) is 0 Å². The second-order valence-electron chi connectivity index (χ2n) is 5.35. The van der Waals surface area contributed by atoms with E-state index in [0.717, 1.165) is 13.0 Å². The van der Waals surface area contributed by atoms with Crippen LogP contribution >= 0.6 is 11.6 Å². The van der Waals surface area contributed by atoms with E-state index in [2.05, 4.69) is 49.3 Å². The largest absolute Gasteiger partial charge is 1.00 e. The Morgan fingerprint density at radius 1 is 1.18 bits per heavy atom. The lowest BCUT2D eigenvalue weighted by atomic mass is 10.1. The summed E-state index contributed by atoms with van der Waals surface area (Å²) in [6.45, 7) is 3.86. The monoisotopic (exact) mass is 340 g/mol. The SMILES string of the molecule is CC(Cc1ccccc1)[NH+](C)CCOc1ccc(Cl)cn1.[Cl-]. The Hall–Kier alpha value is -1.29. The van der Waals surface area contributed by atoms with E-state index in [1.54, 1.807) is 18.3 Å². The van der Waals surface area contributed by atoms with Crippen molar-refractivity contribution in [1.29, 1.82) is 0 Å². The Bertz CT molecular complexity index is 534. The number of aromatic nitrogens is 1. The average Bonchev–Trinajstić information content (AvgIpc) is 2.50. The van der Waals surface area contributed by atoms with Crippen LogP contribution in [0.2, 0.25) is 5.02 Å². The zero-order valence-electron chi connectivity index (χ0n) is 12.9. The summed E-state index contributed by atoms with van der Waals surface area (Å²) in [5.41, 5.74) is 1.38. The van der Waals surface area contributed by atoms with Crippen LogP contribution in [0.15, 0.2) is 48.7 Å². The smallest absolute Gasteiger partial charge is 0.213 e. The molecule has 2 rings (SSSR count). The number of nitrogens with one attached hydrogen (secondary N) is 1. The number of benzene rings is 1. The molecule has 5 heteroatoms. The summed E-state index contributed by atoms with van der Waals surface area (Å²) in [7, 11) is 2.20. The quantitative estimate of drug-likeness (QED) is 0.719. The van der Waals surface area contributed by atoms with Crippen LogP contribution in [-0.4, -0.2) is 31.2 Å². The molecule has 0 aliphatic heterocycles. The van der Waals surface area contributed by atoms with Gasteiger partial charge in [-0.25, -0.2) is 4.98 Å². The van der Waals surface area contributed by atoms with E-state index in [0.29, 0.717) is 23.6 Å². The molecule has 0 bridgehead atoms. The van der Waals surface area contributed by atoms with Gasteiger partial charge in [0.25, 0.3) is 0 Å². The van der Waals surface area contributed by atoms with Crippen LogP contribution in [0.25, 0.3) is 0 Å². The van der Waals surface area contributed by atoms with Gasteiger partial charge in [0, 0.05) is 18.7 Å². The van der Waals surface area contributed by atoms with Gasteiger partial charge < -0.3 is 22.0 Å². The maximum Gasteiger partial charge on any atom is 0.213 e. The topological polar surface area (TPSA) is 26.6 Å². The molecule has 120 valence electrons. The van der Waals surface area contributed by atoms with Crippen LogP contribution in [0.5, 0.6) is 5.88 Å². The minimum Gasteiger partial charge on any atom is -1.00 e. The van der Waals surface area contributed by atoms with Gasteiger partial charge in [0.05, 0.1) is 18.1 Å². The van der Waals surface area contributed by atoms with Gasteiger partial charge in [-0.05, 0) is 18.6 Å². The average molecular weight is 341 g/mol. The van der Waals surface area contributed by atoms with Crippen molar-refractivity contribution in [2.75, 3.05) is 20.2 Å². The highest BCUT2D eigenvalue weighted by Crippen LogP contribution is 2.10. The standard InChI is InChI=1S/C17H21ClN2O.ClH/c1-14(12-15-6-4-3-5-7-15)20(2)10-11-21-17-9-8-16(18)13-19-17;/h3-9,13-14H,10-12H2,1-2H3;1H. The van der Waals surface area contributed by atoms with Crippen LogP contribution in [0.1, 0.15) is 12.5 Å². The molecule has 1 aromatic heterocycles. The Labute approximate surface area is 143 Å². The van der Waals surface area contributed by atoms with Gasteiger partial charge in [-0.1, -0.05) is 41.9 Å². The summed E-state index contributed by atoms with van der Waals surface area (Å²) in [4.78, 5) is 5.58. The summed E-state index contributed by atoms with van der Waals surface area (Å²) in [6, 6.07) is 14.7. The molecule has 0 aliphatic rings. The minimum atomic E-state index is 0. The fourth-order valence-electron chi connectivity index (χ4n) is 2.15. The number of rotatable bonds is 7. The molecular formula is C17H22Cl2N2O. The number of pyridine rings is 1. The number of likely N-dealkylation sites (N-methyl/N-ethyl adjacent to an activating group) is 1. The zero-order chi connectivity index (χ0) is 15.1. The van der Waals surface area contributed by atoms with Gasteiger partial charge in [0.15, 0.2) is 0 Å². The molecule has 0 amide bonds. The molecular weight excluding hydrogens is 319 g/mol. The first-order chi connectivity index (χ1) is 10.1. The number of quaternary nitrogens is 1. The Morgan fingerprint density at radius 3 is 2.55 bits per heavy atom. The number of hydrogen-bond acceptors (Lipinski definition) is 2. The van der Waals surface area contributed by atoms with Crippen molar-refractivity contribution in [3.8, 4) is 5.88 Å². The zero-order valence-corrected chi connectivity index (χ0v) is 14.4. The first-order valence-electron chi connectivity index (χ1n) is 7.26. The second-order valence-corrected chi connectivity index (χ2v) is 5.79. The molecule has 2 unspecified atom stereocenters. The van der Waals surface area contributed by atoms with Crippen molar-refractivity contribution in [3.05, 3.63) is 59.2 Å². The first kappa shape index (κ1) is 18.8. The lowest BCUT2D eigenvalue weighted by Crippen LogP contribution is -3.13. The molecule has 1 N–H and O–H groups in total. The molecule has 2 aromatic rings. The number of nitrogens with zero attached hydrogens (tertiary/aromatic N) is 1. The van der Waals surface area contributed by atoms with Crippen molar-refractivity contribution in [3.63, 3.8) is 0 Å². The van der Waals surface area contributed by atoms with E-state index >= 15 is 0 Å². The van der Waals surface area contributed by atoms with E-state index in [4.69, 9.17) is 16.3 Å². The fourth-order valence-corrected chi connectivity index (χ4v) is 2.26. The van der Waals surface area contributed by atoms with E-state index < -0.39 is 0 Å². The van der Waals surface area contributed by atoms with Gasteiger partial charge >= 0.3 is 0 Å². The van der Waals surface area contributed by atoms with Crippen molar-refractivity contribution in [1.82, 2.24) is 4.98 Å². The number of ether oxygens (including phenoxy) is 1. The van der Waals surface area contributed by atoms with E-state index in [-0.39, 0.29) is 12.4 Å². The highest BCUT2D eigenvalue weighted by Gasteiger charge is 2.13. The summed E-state index contributed by atoms with van der Waals surface area (Å²) < 4.78 is 5.64. The normalized spacial score (nSPS) is 13.0. The molecule has 0 aliphatic carbocycles. The molecule has 0 saturated carbocycles. The Morgan fingerprint density at radius 2 is 1.91 bits per heavy atom. The molecule has 1 heterocycles. The van der Waals surface area contributed by atoms with E-state index in [1.165, 1.54) is 10.5 Å². The van der Waals surface area contributed by atoms with Crippen LogP contribution < -0.4 is 22.0 Å². The molecule has 2 atom stereocenters. The molecule has 0 radical (unpaired) electrons. The van der Waals surface area contributed by atoms with Gasteiger partial charge in [0.2, 0.25) is 5.88 Å². The third-order valence-corrected chi connectivity index (χ3v) is 3.90. The van der Waals surface area contributed by atoms with Crippen molar-refractivity contribution in [2.45, 2.75) is 19.4 Å². The highest BCUT2D eigenvalue weighted by atomic mass is 35.5. The molecule has 3 nitrogen and oxygen atoms in total. The number of hydrogen-bond donors (Lipinski definition) is 1. The predicted molar refractivity (Wildman–Crippen MR) is 86.1 cm³/mol. The summed E-state index contributed by atoms with van der Waals surface area (Å²) in [5, 5.41) is 0.626. The maximum absolute atomic E-state index is 5.79. The van der Waals surface area contributed by atoms with E-state index in [1.807, 2.05) is 0 Å². The summed E-state index contributed by atoms with van der Waals surface area (Å²) in [5.74, 6) is 0.628. The summed E-state index contributed by atoms with van der Waals surface area (Å²) in [6.07, 6.45) is 2.68. The first-order valence-corrected chi connectivity index (χ1v) is 7.63. The predicted octanol–water partition coefficient (Wildman–Crippen LogP) is -0.736. The van der Waals surface area contributed by atoms with Crippen LogP contribution in [0, 0.1) is 0 Å². The third kappa shape index (κ3) is 6.22. The van der Waals surface area contributed by atoms with Crippen molar-refractivity contribution >= 4 is 11.6 Å². The van der Waals surface area contributed by atoms with Gasteiger partial charge in [-0.2, -0.15) is 0 Å². The second kappa shape index (κ2) is 9.67. The lowest BCUT2D eigenvalue weighted by molar-refractivity contribution is -0.903. The van der Waals surface area contributed by atoms with Crippen molar-refractivity contribution < 1.29 is 22.0 Å². The highest BCUT2D eigenvalue weighted by molar-refractivity contribution is 6.30. The van der Waals surface area contributed by atoms with Crippen molar-refractivity contribution in [2.24, 2.45) is 0 Å². The Kier molecular flexibility index (Phi) is 8.25. The van der Waals surface area contributed by atoms with Crippen LogP contribution in [-0.2, 0) is 6.42 Å². The van der Waals surface area contributed by atoms with Crippen LogP contribution in [0.3, 0.4) is 0 Å². The molecule has 0 saturated heterocycles. The summed E-state index contributed by atoms with van der Waals surface area (Å²) >= 11 is 5.79. The van der Waals surface area contributed by atoms with E-state index in [9.17, 15) is 0 Å². The molecule has 0 spiro atoms. The third-order valence-electron chi connectivity index (χ3n) is 3.67. The lowest BCUT2D eigenvalue weighted by Gasteiger charge is -2.21. The van der Waals surface area contributed by atoms with Gasteiger partial charge in [0.1, 0.15) is 13.2 Å². The molecule has 22 heavy (non-hydrogen) atoms. The number of halogens is 2. The molecule has 1 aromatic carbocycles.